The van der Waals surface area contributed by atoms with Crippen molar-refractivity contribution >= 4 is 23.4 Å². The van der Waals surface area contributed by atoms with Crippen molar-refractivity contribution in [3.8, 4) is 0 Å². The molecule has 1 aromatic carbocycles. The highest BCUT2D eigenvalue weighted by atomic mass is 35.5. The average molecular weight is 404 g/mol. The van der Waals surface area contributed by atoms with Crippen LogP contribution in [0.5, 0.6) is 0 Å². The van der Waals surface area contributed by atoms with Crippen LogP contribution in [-0.4, -0.2) is 44.5 Å². The Morgan fingerprint density at radius 3 is 2.75 bits per heavy atom. The molecule has 0 radical (unpaired) electrons. The van der Waals surface area contributed by atoms with Crippen LogP contribution in [0, 0.1) is 12.8 Å². The number of carbonyl (C=O) groups is 2. The largest absolute Gasteiger partial charge is 0.351 e. The van der Waals surface area contributed by atoms with Crippen LogP contribution in [-0.2, 0) is 16.0 Å². The Kier molecular flexibility index (Phi) is 6.34. The van der Waals surface area contributed by atoms with Crippen LogP contribution in [0.3, 0.4) is 0 Å². The van der Waals surface area contributed by atoms with Gasteiger partial charge in [0.05, 0.1) is 12.5 Å². The molecule has 2 atom stereocenters. The summed E-state index contributed by atoms with van der Waals surface area (Å²) in [6, 6.07) is 6.94. The number of aryl methyl sites for hydroxylation is 1. The fourth-order valence-electron chi connectivity index (χ4n) is 3.53. The number of hydrogen-bond donors (Lipinski definition) is 2. The molecule has 2 heterocycles. The predicted octanol–water partition coefficient (Wildman–Crippen LogP) is 2.81. The average Bonchev–Trinajstić information content (AvgIpc) is 3.22. The Morgan fingerprint density at radius 1 is 1.36 bits per heavy atom. The molecule has 1 saturated heterocycles. The van der Waals surface area contributed by atoms with Crippen molar-refractivity contribution in [3.05, 3.63) is 46.5 Å². The van der Waals surface area contributed by atoms with E-state index >= 15 is 0 Å². The molecule has 0 aliphatic carbocycles. The van der Waals surface area contributed by atoms with Crippen LogP contribution >= 0.6 is 11.6 Å². The number of carbonyl (C=O) groups excluding carboxylic acids is 2. The molecule has 2 amide bonds. The molecule has 8 heteroatoms. The van der Waals surface area contributed by atoms with Gasteiger partial charge in [0.25, 0.3) is 0 Å². The zero-order chi connectivity index (χ0) is 20.3. The number of aromatic nitrogens is 3. The molecule has 0 bridgehead atoms. The number of halogens is 1. The molecule has 2 aromatic rings. The van der Waals surface area contributed by atoms with Gasteiger partial charge < -0.3 is 10.2 Å². The minimum absolute atomic E-state index is 0.00493. The third-order valence-electron chi connectivity index (χ3n) is 4.79. The highest BCUT2D eigenvalue weighted by Gasteiger charge is 2.39. The zero-order valence-electron chi connectivity index (χ0n) is 16.4. The summed E-state index contributed by atoms with van der Waals surface area (Å²) in [5.74, 6) is 1.50. The minimum atomic E-state index is -0.274. The van der Waals surface area contributed by atoms with Gasteiger partial charge >= 0.3 is 0 Å². The fourth-order valence-corrected chi connectivity index (χ4v) is 3.74. The van der Waals surface area contributed by atoms with Gasteiger partial charge in [-0.05, 0) is 30.9 Å². The molecule has 1 fully saturated rings. The highest BCUT2D eigenvalue weighted by molar-refractivity contribution is 6.31. The number of aromatic amines is 1. The standard InChI is InChI=1S/C20H26ClN5O2/c1-12(2)8-18(27)23-15-10-17(20-22-13(3)24-25-20)26(11-15)19(28)9-14-6-4-5-7-16(14)21/h4-7,12,15,17H,8-11H2,1-3H3,(H,23,27)(H,22,24,25)/t15-,17-/m0/s1. The monoisotopic (exact) mass is 403 g/mol. The lowest BCUT2D eigenvalue weighted by atomic mass is 10.1. The number of amides is 2. The van der Waals surface area contributed by atoms with Crippen molar-refractivity contribution in [2.24, 2.45) is 5.92 Å². The van der Waals surface area contributed by atoms with Gasteiger partial charge in [-0.1, -0.05) is 43.6 Å². The van der Waals surface area contributed by atoms with E-state index in [0.717, 1.165) is 5.56 Å². The van der Waals surface area contributed by atoms with Gasteiger partial charge in [-0.25, -0.2) is 4.98 Å². The van der Waals surface area contributed by atoms with Crippen LogP contribution in [0.15, 0.2) is 24.3 Å². The zero-order valence-corrected chi connectivity index (χ0v) is 17.2. The molecule has 0 unspecified atom stereocenters. The van der Waals surface area contributed by atoms with Crippen LogP contribution in [0.25, 0.3) is 0 Å². The molecule has 150 valence electrons. The summed E-state index contributed by atoms with van der Waals surface area (Å²) in [5.41, 5.74) is 0.784. The van der Waals surface area contributed by atoms with E-state index < -0.39 is 0 Å². The first-order chi connectivity index (χ1) is 13.3. The van der Waals surface area contributed by atoms with E-state index in [-0.39, 0.29) is 36.2 Å². The molecule has 28 heavy (non-hydrogen) atoms. The van der Waals surface area contributed by atoms with E-state index in [1.165, 1.54) is 0 Å². The molecule has 1 aliphatic heterocycles. The molecule has 1 aromatic heterocycles. The first-order valence-electron chi connectivity index (χ1n) is 9.54. The van der Waals surface area contributed by atoms with E-state index in [1.54, 1.807) is 11.0 Å². The lowest BCUT2D eigenvalue weighted by Gasteiger charge is -2.22. The molecular formula is C20H26ClN5O2. The summed E-state index contributed by atoms with van der Waals surface area (Å²) in [6.45, 7) is 6.27. The Morgan fingerprint density at radius 2 is 2.11 bits per heavy atom. The summed E-state index contributed by atoms with van der Waals surface area (Å²) in [7, 11) is 0. The number of rotatable bonds is 6. The maximum atomic E-state index is 13.1. The van der Waals surface area contributed by atoms with Crippen molar-refractivity contribution in [1.82, 2.24) is 25.4 Å². The summed E-state index contributed by atoms with van der Waals surface area (Å²) in [5, 5.41) is 10.7. The summed E-state index contributed by atoms with van der Waals surface area (Å²) >= 11 is 6.22. The van der Waals surface area contributed by atoms with Gasteiger partial charge in [0.2, 0.25) is 11.8 Å². The number of nitrogens with one attached hydrogen (secondary N) is 2. The fraction of sp³-hybridized carbons (Fsp3) is 0.500. The Hall–Kier alpha value is -2.41. The lowest BCUT2D eigenvalue weighted by Crippen LogP contribution is -2.39. The second-order valence-electron chi connectivity index (χ2n) is 7.71. The van der Waals surface area contributed by atoms with Crippen molar-refractivity contribution in [3.63, 3.8) is 0 Å². The number of likely N-dealkylation sites (tertiary alicyclic amines) is 1. The number of nitrogens with zero attached hydrogens (tertiary/aromatic N) is 3. The lowest BCUT2D eigenvalue weighted by molar-refractivity contribution is -0.132. The molecule has 3 rings (SSSR count). The Bertz CT molecular complexity index is 851. The van der Waals surface area contributed by atoms with Gasteiger partial charge in [-0.2, -0.15) is 5.10 Å². The van der Waals surface area contributed by atoms with Crippen LogP contribution in [0.2, 0.25) is 5.02 Å². The topological polar surface area (TPSA) is 91.0 Å². The quantitative estimate of drug-likeness (QED) is 0.775. The third kappa shape index (κ3) is 4.90. The summed E-state index contributed by atoms with van der Waals surface area (Å²) < 4.78 is 0. The normalized spacial score (nSPS) is 19.2. The summed E-state index contributed by atoms with van der Waals surface area (Å²) in [4.78, 5) is 31.4. The SMILES string of the molecule is Cc1nc([C@@H]2C[C@H](NC(=O)CC(C)C)CN2C(=O)Cc2ccccc2Cl)n[nH]1. The molecule has 2 N–H and O–H groups in total. The van der Waals surface area contributed by atoms with Gasteiger partial charge in [0.15, 0.2) is 5.82 Å². The maximum absolute atomic E-state index is 13.1. The highest BCUT2D eigenvalue weighted by Crippen LogP contribution is 2.31. The van der Waals surface area contributed by atoms with Crippen LogP contribution < -0.4 is 5.32 Å². The molecule has 0 saturated carbocycles. The predicted molar refractivity (Wildman–Crippen MR) is 107 cm³/mol. The number of hydrogen-bond acceptors (Lipinski definition) is 4. The minimum Gasteiger partial charge on any atom is -0.351 e. The Labute approximate surface area is 169 Å². The van der Waals surface area contributed by atoms with Gasteiger partial charge in [-0.3, -0.25) is 14.7 Å². The van der Waals surface area contributed by atoms with E-state index in [2.05, 4.69) is 20.5 Å². The van der Waals surface area contributed by atoms with E-state index in [0.29, 0.717) is 36.1 Å². The second-order valence-corrected chi connectivity index (χ2v) is 8.11. The van der Waals surface area contributed by atoms with Crippen LogP contribution in [0.4, 0.5) is 0 Å². The number of benzene rings is 1. The van der Waals surface area contributed by atoms with Gasteiger partial charge in [-0.15, -0.1) is 0 Å². The van der Waals surface area contributed by atoms with Gasteiger partial charge in [0, 0.05) is 24.0 Å². The summed E-state index contributed by atoms with van der Waals surface area (Å²) in [6.07, 6.45) is 1.26. The van der Waals surface area contributed by atoms with Crippen molar-refractivity contribution in [2.75, 3.05) is 6.54 Å². The van der Waals surface area contributed by atoms with Crippen molar-refractivity contribution in [2.45, 2.75) is 52.1 Å². The smallest absolute Gasteiger partial charge is 0.227 e. The first kappa shape index (κ1) is 20.3. The molecule has 7 nitrogen and oxygen atoms in total. The molecule has 0 spiro atoms. The van der Waals surface area contributed by atoms with Crippen molar-refractivity contribution < 1.29 is 9.59 Å². The molecule has 1 aliphatic rings. The third-order valence-corrected chi connectivity index (χ3v) is 5.16. The second kappa shape index (κ2) is 8.73. The van der Waals surface area contributed by atoms with Crippen molar-refractivity contribution in [1.29, 1.82) is 0 Å². The van der Waals surface area contributed by atoms with E-state index in [9.17, 15) is 9.59 Å². The first-order valence-corrected chi connectivity index (χ1v) is 9.92. The van der Waals surface area contributed by atoms with E-state index in [4.69, 9.17) is 11.6 Å². The van der Waals surface area contributed by atoms with Crippen LogP contribution in [0.1, 0.15) is 49.9 Å². The number of H-pyrrole nitrogens is 1. The van der Waals surface area contributed by atoms with Gasteiger partial charge in [0.1, 0.15) is 5.82 Å². The Balaban J connectivity index is 1.76. The van der Waals surface area contributed by atoms with E-state index in [1.807, 2.05) is 39.0 Å². The maximum Gasteiger partial charge on any atom is 0.227 e. The molecular weight excluding hydrogens is 378 g/mol.